The quantitative estimate of drug-likeness (QED) is 0.822. The maximum absolute atomic E-state index is 13.4. The van der Waals surface area contributed by atoms with E-state index in [1.807, 2.05) is 20.8 Å². The summed E-state index contributed by atoms with van der Waals surface area (Å²) in [5.41, 5.74) is 5.32. The number of halogens is 3. The molecule has 0 spiro atoms. The monoisotopic (exact) mass is 261 g/mol. The summed E-state index contributed by atoms with van der Waals surface area (Å²) in [4.78, 5) is 0. The molecular weight excluding hydrogens is 243 g/mol. The van der Waals surface area contributed by atoms with Gasteiger partial charge in [0.05, 0.1) is 6.10 Å². The number of aliphatic hydroxyl groups is 1. The molecule has 5 heteroatoms. The summed E-state index contributed by atoms with van der Waals surface area (Å²) in [5.74, 6) is -3.43. The van der Waals surface area contributed by atoms with Crippen LogP contribution in [0, 0.1) is 22.9 Å². The third kappa shape index (κ3) is 3.46. The molecule has 0 amide bonds. The number of aliphatic hydroxyl groups excluding tert-OH is 1. The maximum atomic E-state index is 13.4. The molecule has 0 heterocycles. The van der Waals surface area contributed by atoms with E-state index in [1.54, 1.807) is 0 Å². The molecule has 0 saturated heterocycles. The van der Waals surface area contributed by atoms with E-state index in [2.05, 4.69) is 0 Å². The summed E-state index contributed by atoms with van der Waals surface area (Å²) in [6, 6.07) is 0.710. The molecule has 0 aliphatic carbocycles. The van der Waals surface area contributed by atoms with Gasteiger partial charge < -0.3 is 10.8 Å². The second-order valence-electron chi connectivity index (χ2n) is 5.51. The molecule has 0 aliphatic heterocycles. The topological polar surface area (TPSA) is 46.2 Å². The predicted octanol–water partition coefficient (Wildman–Crippen LogP) is 2.90. The normalized spacial score (nSPS) is 15.6. The standard InChI is InChI=1S/C13H18F3NO/c1-13(2,3)12(17)6-11(18)7-4-9(15)10(16)5-8(7)14/h4-5,11-12,18H,6,17H2,1-3H3/t11-,12-/m0/s1. The first-order valence-electron chi connectivity index (χ1n) is 5.71. The Bertz CT molecular complexity index is 429. The van der Waals surface area contributed by atoms with E-state index in [0.29, 0.717) is 12.1 Å². The molecule has 1 rings (SSSR count). The Balaban J connectivity index is 2.91. The van der Waals surface area contributed by atoms with Crippen LogP contribution in [0.15, 0.2) is 12.1 Å². The highest BCUT2D eigenvalue weighted by atomic mass is 19.2. The van der Waals surface area contributed by atoms with Crippen LogP contribution in [0.2, 0.25) is 0 Å². The van der Waals surface area contributed by atoms with Crippen LogP contribution in [0.3, 0.4) is 0 Å². The average molecular weight is 261 g/mol. The van der Waals surface area contributed by atoms with Gasteiger partial charge in [-0.25, -0.2) is 13.2 Å². The summed E-state index contributed by atoms with van der Waals surface area (Å²) in [7, 11) is 0. The van der Waals surface area contributed by atoms with E-state index in [9.17, 15) is 18.3 Å². The molecule has 0 fully saturated rings. The van der Waals surface area contributed by atoms with Crippen LogP contribution >= 0.6 is 0 Å². The highest BCUT2D eigenvalue weighted by molar-refractivity contribution is 5.22. The minimum Gasteiger partial charge on any atom is -0.388 e. The molecule has 1 aromatic carbocycles. The molecule has 0 bridgehead atoms. The summed E-state index contributed by atoms with van der Waals surface area (Å²) in [6.07, 6.45) is -1.18. The van der Waals surface area contributed by atoms with Crippen molar-refractivity contribution in [1.29, 1.82) is 0 Å². The van der Waals surface area contributed by atoms with Crippen molar-refractivity contribution in [3.05, 3.63) is 35.1 Å². The van der Waals surface area contributed by atoms with Crippen molar-refractivity contribution in [2.45, 2.75) is 39.3 Å². The number of rotatable bonds is 3. The number of hydrogen-bond donors (Lipinski definition) is 2. The van der Waals surface area contributed by atoms with Crippen molar-refractivity contribution in [2.24, 2.45) is 11.1 Å². The zero-order valence-electron chi connectivity index (χ0n) is 10.7. The fourth-order valence-corrected chi connectivity index (χ4v) is 1.51. The van der Waals surface area contributed by atoms with Crippen LogP contribution in [0.1, 0.15) is 38.9 Å². The van der Waals surface area contributed by atoms with Gasteiger partial charge in [0.15, 0.2) is 11.6 Å². The molecule has 2 atom stereocenters. The van der Waals surface area contributed by atoms with Gasteiger partial charge >= 0.3 is 0 Å². The van der Waals surface area contributed by atoms with Gasteiger partial charge in [0.25, 0.3) is 0 Å². The molecule has 0 unspecified atom stereocenters. The lowest BCUT2D eigenvalue weighted by atomic mass is 9.83. The first-order valence-corrected chi connectivity index (χ1v) is 5.71. The third-order valence-corrected chi connectivity index (χ3v) is 2.99. The highest BCUT2D eigenvalue weighted by Gasteiger charge is 2.26. The van der Waals surface area contributed by atoms with Crippen LogP contribution in [-0.2, 0) is 0 Å². The van der Waals surface area contributed by atoms with Crippen molar-refractivity contribution in [2.75, 3.05) is 0 Å². The summed E-state index contributed by atoms with van der Waals surface area (Å²) in [6.45, 7) is 5.64. The second-order valence-corrected chi connectivity index (χ2v) is 5.51. The van der Waals surface area contributed by atoms with E-state index in [1.165, 1.54) is 0 Å². The van der Waals surface area contributed by atoms with Crippen LogP contribution in [0.25, 0.3) is 0 Å². The average Bonchev–Trinajstić information content (AvgIpc) is 2.21. The first-order chi connectivity index (χ1) is 8.12. The van der Waals surface area contributed by atoms with Crippen LogP contribution < -0.4 is 5.73 Å². The highest BCUT2D eigenvalue weighted by Crippen LogP contribution is 2.28. The van der Waals surface area contributed by atoms with Crippen molar-refractivity contribution in [3.63, 3.8) is 0 Å². The molecule has 2 nitrogen and oxygen atoms in total. The van der Waals surface area contributed by atoms with Gasteiger partial charge in [-0.2, -0.15) is 0 Å². The Hall–Kier alpha value is -1.07. The summed E-state index contributed by atoms with van der Waals surface area (Å²) >= 11 is 0. The molecule has 1 aromatic rings. The SMILES string of the molecule is CC(C)(C)[C@@H](N)C[C@H](O)c1cc(F)c(F)cc1F. The lowest BCUT2D eigenvalue weighted by Gasteiger charge is -2.29. The van der Waals surface area contributed by atoms with Crippen molar-refractivity contribution >= 4 is 0 Å². The summed E-state index contributed by atoms with van der Waals surface area (Å²) < 4.78 is 39.2. The number of hydrogen-bond acceptors (Lipinski definition) is 2. The molecular formula is C13H18F3NO. The number of nitrogens with two attached hydrogens (primary N) is 1. The fraction of sp³-hybridized carbons (Fsp3) is 0.538. The van der Waals surface area contributed by atoms with Crippen molar-refractivity contribution < 1.29 is 18.3 Å². The Morgan fingerprint density at radius 2 is 1.61 bits per heavy atom. The van der Waals surface area contributed by atoms with E-state index in [0.717, 1.165) is 0 Å². The second kappa shape index (κ2) is 5.28. The molecule has 0 saturated carbocycles. The largest absolute Gasteiger partial charge is 0.388 e. The first kappa shape index (κ1) is 15.0. The number of benzene rings is 1. The Labute approximate surface area is 105 Å². The molecule has 3 N–H and O–H groups in total. The Morgan fingerprint density at radius 1 is 1.11 bits per heavy atom. The lowest BCUT2D eigenvalue weighted by Crippen LogP contribution is -2.36. The van der Waals surface area contributed by atoms with E-state index >= 15 is 0 Å². The van der Waals surface area contributed by atoms with Crippen molar-refractivity contribution in [1.82, 2.24) is 0 Å². The van der Waals surface area contributed by atoms with Crippen LogP contribution in [0.4, 0.5) is 13.2 Å². The van der Waals surface area contributed by atoms with Crippen LogP contribution in [-0.4, -0.2) is 11.1 Å². The molecule has 102 valence electrons. The third-order valence-electron chi connectivity index (χ3n) is 2.99. The molecule has 0 aliphatic rings. The Morgan fingerprint density at radius 3 is 2.11 bits per heavy atom. The summed E-state index contributed by atoms with van der Waals surface area (Å²) in [5, 5.41) is 9.84. The van der Waals surface area contributed by atoms with Gasteiger partial charge in [-0.3, -0.25) is 0 Å². The zero-order chi connectivity index (χ0) is 14.1. The lowest BCUT2D eigenvalue weighted by molar-refractivity contribution is 0.129. The smallest absolute Gasteiger partial charge is 0.161 e. The molecule has 18 heavy (non-hydrogen) atoms. The minimum atomic E-state index is -1.27. The van der Waals surface area contributed by atoms with E-state index in [4.69, 9.17) is 5.73 Å². The van der Waals surface area contributed by atoms with E-state index < -0.39 is 23.6 Å². The van der Waals surface area contributed by atoms with Crippen molar-refractivity contribution in [3.8, 4) is 0 Å². The van der Waals surface area contributed by atoms with Gasteiger partial charge in [-0.05, 0) is 17.9 Å². The van der Waals surface area contributed by atoms with Crippen LogP contribution in [0.5, 0.6) is 0 Å². The predicted molar refractivity (Wildman–Crippen MR) is 63.3 cm³/mol. The van der Waals surface area contributed by atoms with Gasteiger partial charge in [0.2, 0.25) is 0 Å². The van der Waals surface area contributed by atoms with Gasteiger partial charge in [-0.1, -0.05) is 20.8 Å². The maximum Gasteiger partial charge on any atom is 0.161 e. The van der Waals surface area contributed by atoms with Gasteiger partial charge in [-0.15, -0.1) is 0 Å². The van der Waals surface area contributed by atoms with Gasteiger partial charge in [0.1, 0.15) is 5.82 Å². The fourth-order valence-electron chi connectivity index (χ4n) is 1.51. The Kier molecular flexibility index (Phi) is 4.40. The molecule has 0 aromatic heterocycles. The van der Waals surface area contributed by atoms with E-state index in [-0.39, 0.29) is 23.4 Å². The minimum absolute atomic E-state index is 0.0749. The molecule has 0 radical (unpaired) electrons. The zero-order valence-corrected chi connectivity index (χ0v) is 10.7. The van der Waals surface area contributed by atoms with Gasteiger partial charge in [0, 0.05) is 17.7 Å².